The Hall–Kier alpha value is -3.39. The molecule has 0 unspecified atom stereocenters. The average molecular weight is 315 g/mol. The standard InChI is InChI=1S/C19H17N5/c20-14-15-3-5-16(6-4-15)19-18(2-1-9-24-19)23-13-12-22-17-7-10-21-11-8-17/h1-11,23H,12-13H2,(H,21,22). The van der Waals surface area contributed by atoms with Crippen LogP contribution < -0.4 is 10.6 Å². The van der Waals surface area contributed by atoms with Crippen molar-refractivity contribution in [2.45, 2.75) is 0 Å². The minimum Gasteiger partial charge on any atom is -0.383 e. The lowest BCUT2D eigenvalue weighted by atomic mass is 10.1. The quantitative estimate of drug-likeness (QED) is 0.681. The third-order valence-corrected chi connectivity index (χ3v) is 3.55. The first kappa shape index (κ1) is 15.5. The zero-order valence-electron chi connectivity index (χ0n) is 13.1. The van der Waals surface area contributed by atoms with Crippen LogP contribution in [0.1, 0.15) is 5.56 Å². The lowest BCUT2D eigenvalue weighted by Crippen LogP contribution is -2.14. The number of hydrogen-bond acceptors (Lipinski definition) is 5. The van der Waals surface area contributed by atoms with Gasteiger partial charge in [-0.15, -0.1) is 0 Å². The monoisotopic (exact) mass is 315 g/mol. The Morgan fingerprint density at radius 1 is 0.875 bits per heavy atom. The Bertz CT molecular complexity index is 822. The summed E-state index contributed by atoms with van der Waals surface area (Å²) in [5.41, 5.74) is 4.53. The molecule has 0 fully saturated rings. The topological polar surface area (TPSA) is 73.6 Å². The number of nitriles is 1. The summed E-state index contributed by atoms with van der Waals surface area (Å²) in [6, 6.07) is 17.4. The van der Waals surface area contributed by atoms with Gasteiger partial charge in [0.15, 0.2) is 0 Å². The highest BCUT2D eigenvalue weighted by molar-refractivity contribution is 5.74. The Kier molecular flexibility index (Phi) is 5.00. The van der Waals surface area contributed by atoms with Crippen molar-refractivity contribution < 1.29 is 0 Å². The molecule has 0 aliphatic carbocycles. The zero-order valence-corrected chi connectivity index (χ0v) is 13.1. The first-order chi connectivity index (χ1) is 11.9. The molecule has 5 nitrogen and oxygen atoms in total. The van der Waals surface area contributed by atoms with Crippen molar-refractivity contribution >= 4 is 11.4 Å². The predicted molar refractivity (Wildman–Crippen MR) is 95.6 cm³/mol. The molecule has 0 bridgehead atoms. The second-order valence-electron chi connectivity index (χ2n) is 5.18. The van der Waals surface area contributed by atoms with Gasteiger partial charge in [-0.25, -0.2) is 0 Å². The largest absolute Gasteiger partial charge is 0.383 e. The molecule has 5 heteroatoms. The molecular weight excluding hydrogens is 298 g/mol. The summed E-state index contributed by atoms with van der Waals surface area (Å²) in [4.78, 5) is 8.46. The molecule has 0 aliphatic rings. The molecule has 3 aromatic rings. The summed E-state index contributed by atoms with van der Waals surface area (Å²) >= 11 is 0. The molecule has 0 radical (unpaired) electrons. The molecule has 2 aromatic heterocycles. The normalized spacial score (nSPS) is 9.96. The van der Waals surface area contributed by atoms with Crippen LogP contribution in [0.3, 0.4) is 0 Å². The van der Waals surface area contributed by atoms with E-state index in [1.807, 2.05) is 36.4 Å². The molecule has 24 heavy (non-hydrogen) atoms. The minimum absolute atomic E-state index is 0.644. The van der Waals surface area contributed by atoms with Gasteiger partial charge in [0.05, 0.1) is 23.0 Å². The molecule has 0 saturated heterocycles. The van der Waals surface area contributed by atoms with Gasteiger partial charge in [-0.3, -0.25) is 9.97 Å². The van der Waals surface area contributed by atoms with Crippen molar-refractivity contribution in [3.8, 4) is 17.3 Å². The Balaban J connectivity index is 1.64. The maximum absolute atomic E-state index is 8.90. The number of nitrogens with one attached hydrogen (secondary N) is 2. The summed E-state index contributed by atoms with van der Waals surface area (Å²) in [6.07, 6.45) is 5.30. The van der Waals surface area contributed by atoms with E-state index in [0.29, 0.717) is 5.56 Å². The number of hydrogen-bond donors (Lipinski definition) is 2. The van der Waals surface area contributed by atoms with E-state index in [1.54, 1.807) is 30.7 Å². The van der Waals surface area contributed by atoms with Gasteiger partial charge < -0.3 is 10.6 Å². The van der Waals surface area contributed by atoms with Gasteiger partial charge in [0.25, 0.3) is 0 Å². The van der Waals surface area contributed by atoms with Crippen molar-refractivity contribution in [2.75, 3.05) is 23.7 Å². The molecule has 1 aromatic carbocycles. The van der Waals surface area contributed by atoms with Crippen LogP contribution in [0, 0.1) is 11.3 Å². The molecule has 0 aliphatic heterocycles. The zero-order chi connectivity index (χ0) is 16.6. The van der Waals surface area contributed by atoms with Crippen LogP contribution in [-0.2, 0) is 0 Å². The summed E-state index contributed by atoms with van der Waals surface area (Å²) in [5.74, 6) is 0. The van der Waals surface area contributed by atoms with Crippen LogP contribution in [-0.4, -0.2) is 23.1 Å². The molecule has 0 saturated carbocycles. The lowest BCUT2D eigenvalue weighted by Gasteiger charge is -2.12. The molecule has 0 spiro atoms. The van der Waals surface area contributed by atoms with E-state index in [-0.39, 0.29) is 0 Å². The second kappa shape index (κ2) is 7.75. The summed E-state index contributed by atoms with van der Waals surface area (Å²) in [6.45, 7) is 1.54. The van der Waals surface area contributed by atoms with Crippen molar-refractivity contribution in [3.63, 3.8) is 0 Å². The fourth-order valence-electron chi connectivity index (χ4n) is 2.35. The van der Waals surface area contributed by atoms with Crippen molar-refractivity contribution in [1.82, 2.24) is 9.97 Å². The lowest BCUT2D eigenvalue weighted by molar-refractivity contribution is 1.07. The fraction of sp³-hybridized carbons (Fsp3) is 0.105. The highest BCUT2D eigenvalue weighted by Crippen LogP contribution is 2.25. The first-order valence-electron chi connectivity index (χ1n) is 7.70. The van der Waals surface area contributed by atoms with Gasteiger partial charge >= 0.3 is 0 Å². The number of aromatic nitrogens is 2. The molecular formula is C19H17N5. The number of pyridine rings is 2. The SMILES string of the molecule is N#Cc1ccc(-c2ncccc2NCCNc2ccncc2)cc1. The van der Waals surface area contributed by atoms with E-state index < -0.39 is 0 Å². The summed E-state index contributed by atoms with van der Waals surface area (Å²) in [7, 11) is 0. The fourth-order valence-corrected chi connectivity index (χ4v) is 2.35. The van der Waals surface area contributed by atoms with E-state index >= 15 is 0 Å². The summed E-state index contributed by atoms with van der Waals surface area (Å²) in [5, 5.41) is 15.6. The van der Waals surface area contributed by atoms with Crippen molar-refractivity contribution in [3.05, 3.63) is 72.7 Å². The van der Waals surface area contributed by atoms with Crippen LogP contribution in [0.5, 0.6) is 0 Å². The van der Waals surface area contributed by atoms with Crippen LogP contribution >= 0.6 is 0 Å². The number of rotatable bonds is 6. The third-order valence-electron chi connectivity index (χ3n) is 3.55. The summed E-state index contributed by atoms with van der Waals surface area (Å²) < 4.78 is 0. The van der Waals surface area contributed by atoms with E-state index in [2.05, 4.69) is 26.7 Å². The Labute approximate surface area is 141 Å². The molecule has 3 rings (SSSR count). The number of anilines is 2. The molecule has 0 amide bonds. The smallest absolute Gasteiger partial charge is 0.0991 e. The molecule has 2 N–H and O–H groups in total. The highest BCUT2D eigenvalue weighted by Gasteiger charge is 2.06. The van der Waals surface area contributed by atoms with Crippen molar-refractivity contribution in [1.29, 1.82) is 5.26 Å². The highest BCUT2D eigenvalue weighted by atomic mass is 15.0. The first-order valence-corrected chi connectivity index (χ1v) is 7.70. The van der Waals surface area contributed by atoms with Gasteiger partial charge in [0, 0.05) is 42.9 Å². The number of benzene rings is 1. The van der Waals surface area contributed by atoms with Gasteiger partial charge in [-0.05, 0) is 36.4 Å². The minimum atomic E-state index is 0.644. The average Bonchev–Trinajstić information content (AvgIpc) is 2.66. The van der Waals surface area contributed by atoms with Gasteiger partial charge in [-0.2, -0.15) is 5.26 Å². The molecule has 118 valence electrons. The van der Waals surface area contributed by atoms with Gasteiger partial charge in [-0.1, -0.05) is 12.1 Å². The van der Waals surface area contributed by atoms with E-state index in [4.69, 9.17) is 5.26 Å². The van der Waals surface area contributed by atoms with E-state index in [9.17, 15) is 0 Å². The maximum atomic E-state index is 8.90. The van der Waals surface area contributed by atoms with Crippen molar-refractivity contribution in [2.24, 2.45) is 0 Å². The third kappa shape index (κ3) is 3.87. The van der Waals surface area contributed by atoms with E-state index in [0.717, 1.165) is 35.7 Å². The Morgan fingerprint density at radius 3 is 2.38 bits per heavy atom. The maximum Gasteiger partial charge on any atom is 0.0991 e. The molecule has 0 atom stereocenters. The van der Waals surface area contributed by atoms with E-state index in [1.165, 1.54) is 0 Å². The van der Waals surface area contributed by atoms with Crippen LogP contribution in [0.2, 0.25) is 0 Å². The van der Waals surface area contributed by atoms with Gasteiger partial charge in [0.2, 0.25) is 0 Å². The van der Waals surface area contributed by atoms with Crippen LogP contribution in [0.4, 0.5) is 11.4 Å². The second-order valence-corrected chi connectivity index (χ2v) is 5.18. The van der Waals surface area contributed by atoms with Crippen LogP contribution in [0.15, 0.2) is 67.1 Å². The Morgan fingerprint density at radius 2 is 1.62 bits per heavy atom. The van der Waals surface area contributed by atoms with Gasteiger partial charge in [0.1, 0.15) is 0 Å². The predicted octanol–water partition coefficient (Wildman–Crippen LogP) is 3.54. The number of nitrogens with zero attached hydrogens (tertiary/aromatic N) is 3. The molecule has 2 heterocycles. The van der Waals surface area contributed by atoms with Crippen LogP contribution in [0.25, 0.3) is 11.3 Å².